The highest BCUT2D eigenvalue weighted by atomic mass is 16.5. The maximum Gasteiger partial charge on any atom is 0.330 e. The number of ether oxygens (including phenoxy) is 2. The standard InChI is InChI=1S/C13H22O4/c1-4-12(14)16-9-7-5-6-8-10-17-13(15)11(2)3/h4,11H,1,5-10H2,2-3H3. The van der Waals surface area contributed by atoms with Gasteiger partial charge in [-0.15, -0.1) is 0 Å². The largest absolute Gasteiger partial charge is 0.465 e. The summed E-state index contributed by atoms with van der Waals surface area (Å²) in [4.78, 5) is 21.8. The molecule has 0 saturated heterocycles. The van der Waals surface area contributed by atoms with Crippen LogP contribution in [0.15, 0.2) is 12.7 Å². The third kappa shape index (κ3) is 9.60. The number of esters is 2. The molecule has 0 radical (unpaired) electrons. The minimum absolute atomic E-state index is 0.0617. The minimum Gasteiger partial charge on any atom is -0.465 e. The van der Waals surface area contributed by atoms with Gasteiger partial charge in [-0.25, -0.2) is 4.79 Å². The van der Waals surface area contributed by atoms with Crippen molar-refractivity contribution >= 4 is 11.9 Å². The number of unbranched alkanes of at least 4 members (excludes halogenated alkanes) is 3. The normalized spacial score (nSPS) is 10.1. The average Bonchev–Trinajstić information content (AvgIpc) is 2.31. The maximum absolute atomic E-state index is 11.1. The monoisotopic (exact) mass is 242 g/mol. The van der Waals surface area contributed by atoms with E-state index in [4.69, 9.17) is 9.47 Å². The van der Waals surface area contributed by atoms with Crippen LogP contribution in [0, 0.1) is 5.92 Å². The lowest BCUT2D eigenvalue weighted by atomic mass is 10.2. The molecule has 0 spiro atoms. The third-order valence-electron chi connectivity index (χ3n) is 2.17. The summed E-state index contributed by atoms with van der Waals surface area (Å²) in [6.45, 7) is 7.84. The van der Waals surface area contributed by atoms with Crippen LogP contribution in [-0.4, -0.2) is 25.2 Å². The molecule has 0 aliphatic heterocycles. The van der Waals surface area contributed by atoms with Gasteiger partial charge < -0.3 is 9.47 Å². The van der Waals surface area contributed by atoms with Crippen LogP contribution in [0.4, 0.5) is 0 Å². The van der Waals surface area contributed by atoms with Crippen LogP contribution >= 0.6 is 0 Å². The molecule has 0 heterocycles. The van der Waals surface area contributed by atoms with Gasteiger partial charge in [0.15, 0.2) is 0 Å². The van der Waals surface area contributed by atoms with Gasteiger partial charge in [-0.05, 0) is 25.7 Å². The van der Waals surface area contributed by atoms with Crippen LogP contribution < -0.4 is 0 Å². The molecule has 0 bridgehead atoms. The number of carbonyl (C=O) groups is 2. The molecule has 0 fully saturated rings. The second-order valence-corrected chi connectivity index (χ2v) is 4.11. The number of hydrogen-bond acceptors (Lipinski definition) is 4. The summed E-state index contributed by atoms with van der Waals surface area (Å²) in [7, 11) is 0. The first-order chi connectivity index (χ1) is 8.07. The van der Waals surface area contributed by atoms with Gasteiger partial charge in [0.2, 0.25) is 0 Å². The van der Waals surface area contributed by atoms with Crippen molar-refractivity contribution in [1.82, 2.24) is 0 Å². The van der Waals surface area contributed by atoms with Crippen LogP contribution in [0.5, 0.6) is 0 Å². The molecular weight excluding hydrogens is 220 g/mol. The van der Waals surface area contributed by atoms with Gasteiger partial charge in [-0.2, -0.15) is 0 Å². The molecule has 4 heteroatoms. The van der Waals surface area contributed by atoms with Crippen LogP contribution in [0.1, 0.15) is 39.5 Å². The van der Waals surface area contributed by atoms with E-state index in [-0.39, 0.29) is 17.9 Å². The summed E-state index contributed by atoms with van der Waals surface area (Å²) in [5.74, 6) is -0.589. The maximum atomic E-state index is 11.1. The highest BCUT2D eigenvalue weighted by molar-refractivity contribution is 5.81. The molecule has 0 aliphatic rings. The lowest BCUT2D eigenvalue weighted by molar-refractivity contribution is -0.147. The summed E-state index contributed by atoms with van der Waals surface area (Å²) >= 11 is 0. The van der Waals surface area contributed by atoms with E-state index in [1.54, 1.807) is 0 Å². The first-order valence-corrected chi connectivity index (χ1v) is 6.03. The Bertz CT molecular complexity index is 246. The molecule has 0 atom stereocenters. The molecule has 0 saturated carbocycles. The summed E-state index contributed by atoms with van der Waals surface area (Å²) < 4.78 is 9.85. The minimum atomic E-state index is -0.379. The third-order valence-corrected chi connectivity index (χ3v) is 2.17. The van der Waals surface area contributed by atoms with Gasteiger partial charge >= 0.3 is 11.9 Å². The van der Waals surface area contributed by atoms with Gasteiger partial charge in [-0.3, -0.25) is 4.79 Å². The zero-order chi connectivity index (χ0) is 13.1. The Morgan fingerprint density at radius 3 is 2.06 bits per heavy atom. The molecule has 0 unspecified atom stereocenters. The first-order valence-electron chi connectivity index (χ1n) is 6.03. The van der Waals surface area contributed by atoms with Crippen LogP contribution in [0.2, 0.25) is 0 Å². The lowest BCUT2D eigenvalue weighted by Crippen LogP contribution is -2.12. The fourth-order valence-corrected chi connectivity index (χ4v) is 1.13. The van der Waals surface area contributed by atoms with Gasteiger partial charge in [0.25, 0.3) is 0 Å². The highest BCUT2D eigenvalue weighted by Gasteiger charge is 2.06. The van der Waals surface area contributed by atoms with Gasteiger partial charge in [0, 0.05) is 6.08 Å². The van der Waals surface area contributed by atoms with E-state index >= 15 is 0 Å². The first kappa shape index (κ1) is 15.7. The van der Waals surface area contributed by atoms with Gasteiger partial charge in [-0.1, -0.05) is 20.4 Å². The van der Waals surface area contributed by atoms with Crippen molar-refractivity contribution in [1.29, 1.82) is 0 Å². The lowest BCUT2D eigenvalue weighted by Gasteiger charge is -2.06. The molecule has 0 aromatic heterocycles. The SMILES string of the molecule is C=CC(=O)OCCCCCCOC(=O)C(C)C. The van der Waals surface area contributed by atoms with Gasteiger partial charge in [0.1, 0.15) is 0 Å². The van der Waals surface area contributed by atoms with Crippen molar-refractivity contribution in [2.24, 2.45) is 5.92 Å². The topological polar surface area (TPSA) is 52.6 Å². The molecule has 0 amide bonds. The summed E-state index contributed by atoms with van der Waals surface area (Å²) in [5.41, 5.74) is 0. The Morgan fingerprint density at radius 2 is 1.59 bits per heavy atom. The Hall–Kier alpha value is -1.32. The van der Waals surface area contributed by atoms with Crippen LogP contribution in [-0.2, 0) is 19.1 Å². The molecule has 0 rings (SSSR count). The van der Waals surface area contributed by atoms with E-state index < -0.39 is 0 Å². The second-order valence-electron chi connectivity index (χ2n) is 4.11. The number of carbonyl (C=O) groups excluding carboxylic acids is 2. The zero-order valence-electron chi connectivity index (χ0n) is 10.7. The number of rotatable bonds is 9. The molecule has 0 aliphatic carbocycles. The molecule has 98 valence electrons. The summed E-state index contributed by atoms with van der Waals surface area (Å²) in [6.07, 6.45) is 4.78. The quantitative estimate of drug-likeness (QED) is 0.354. The summed E-state index contributed by atoms with van der Waals surface area (Å²) in [6, 6.07) is 0. The molecule has 0 N–H and O–H groups in total. The molecular formula is C13H22O4. The van der Waals surface area contributed by atoms with Crippen molar-refractivity contribution < 1.29 is 19.1 Å². The zero-order valence-corrected chi connectivity index (χ0v) is 10.7. The van der Waals surface area contributed by atoms with Crippen molar-refractivity contribution in [3.63, 3.8) is 0 Å². The van der Waals surface area contributed by atoms with E-state index in [1.807, 2.05) is 13.8 Å². The average molecular weight is 242 g/mol. The Morgan fingerprint density at radius 1 is 1.06 bits per heavy atom. The number of hydrogen-bond donors (Lipinski definition) is 0. The van der Waals surface area contributed by atoms with Crippen molar-refractivity contribution in [3.05, 3.63) is 12.7 Å². The van der Waals surface area contributed by atoms with Crippen molar-refractivity contribution in [3.8, 4) is 0 Å². The van der Waals surface area contributed by atoms with Crippen molar-refractivity contribution in [2.75, 3.05) is 13.2 Å². The van der Waals surface area contributed by atoms with E-state index in [2.05, 4.69) is 6.58 Å². The summed E-state index contributed by atoms with van der Waals surface area (Å²) in [5, 5.41) is 0. The van der Waals surface area contributed by atoms with E-state index in [0.29, 0.717) is 13.2 Å². The molecule has 0 aromatic rings. The Labute approximate surface area is 103 Å². The highest BCUT2D eigenvalue weighted by Crippen LogP contribution is 2.02. The van der Waals surface area contributed by atoms with Crippen LogP contribution in [0.3, 0.4) is 0 Å². The predicted octanol–water partition coefficient (Wildman–Crippen LogP) is 2.48. The Balaban J connectivity index is 3.22. The molecule has 4 nitrogen and oxygen atoms in total. The molecule has 0 aromatic carbocycles. The fraction of sp³-hybridized carbons (Fsp3) is 0.692. The van der Waals surface area contributed by atoms with Crippen LogP contribution in [0.25, 0.3) is 0 Å². The second kappa shape index (κ2) is 9.87. The molecule has 17 heavy (non-hydrogen) atoms. The van der Waals surface area contributed by atoms with E-state index in [1.165, 1.54) is 0 Å². The van der Waals surface area contributed by atoms with Gasteiger partial charge in [0.05, 0.1) is 19.1 Å². The van der Waals surface area contributed by atoms with Crippen molar-refractivity contribution in [2.45, 2.75) is 39.5 Å². The fourth-order valence-electron chi connectivity index (χ4n) is 1.13. The predicted molar refractivity (Wildman–Crippen MR) is 65.4 cm³/mol. The Kier molecular flexibility index (Phi) is 9.11. The smallest absolute Gasteiger partial charge is 0.330 e. The van der Waals surface area contributed by atoms with E-state index in [0.717, 1.165) is 31.8 Å². The van der Waals surface area contributed by atoms with E-state index in [9.17, 15) is 9.59 Å².